The van der Waals surface area contributed by atoms with Crippen LogP contribution in [-0.2, 0) is 20.6 Å². The molecule has 4 rings (SSSR count). The van der Waals surface area contributed by atoms with E-state index in [1.807, 2.05) is 6.07 Å². The third kappa shape index (κ3) is 11.4. The first-order chi connectivity index (χ1) is 18.0. The molecule has 0 spiro atoms. The zero-order chi connectivity index (χ0) is 26.3. The van der Waals surface area contributed by atoms with E-state index in [4.69, 9.17) is 14.2 Å². The van der Waals surface area contributed by atoms with E-state index in [1.54, 1.807) is 24.3 Å². The standard InChI is InChI=1S/C17H22.C14H16O6/c1-14(12-16-6-4-3-5-7-16)8-10-17-11-9-15(2)13-17;15-13(19-11-6-2-1-3-7-11)17-9-5-4-8-12-10-18-14(16)20-12/h3-7,17H,1-2,8-13H2;1-3,6-7,12H,4-5,8-10H2. The first-order valence-corrected chi connectivity index (χ1v) is 13.1. The number of cyclic esters (lactones) is 2. The summed E-state index contributed by atoms with van der Waals surface area (Å²) < 4.78 is 19.4. The fourth-order valence-electron chi connectivity index (χ4n) is 4.40. The molecule has 2 atom stereocenters. The molecule has 6 heteroatoms. The highest BCUT2D eigenvalue weighted by molar-refractivity contribution is 5.63. The van der Waals surface area contributed by atoms with Gasteiger partial charge in [0.05, 0.1) is 6.61 Å². The predicted molar refractivity (Wildman–Crippen MR) is 143 cm³/mol. The van der Waals surface area contributed by atoms with Gasteiger partial charge in [-0.1, -0.05) is 72.8 Å². The predicted octanol–water partition coefficient (Wildman–Crippen LogP) is 7.83. The number of carbonyl (C=O) groups is 2. The summed E-state index contributed by atoms with van der Waals surface area (Å²) >= 11 is 0. The number of rotatable bonds is 11. The summed E-state index contributed by atoms with van der Waals surface area (Å²) in [5.74, 6) is 1.32. The maximum atomic E-state index is 11.3. The Morgan fingerprint density at radius 3 is 2.38 bits per heavy atom. The molecule has 0 amide bonds. The average molecular weight is 507 g/mol. The second-order valence-corrected chi connectivity index (χ2v) is 9.62. The number of allylic oxidation sites excluding steroid dienone is 2. The van der Waals surface area contributed by atoms with Gasteiger partial charge in [-0.2, -0.15) is 0 Å². The van der Waals surface area contributed by atoms with Crippen LogP contribution in [0.5, 0.6) is 5.75 Å². The van der Waals surface area contributed by atoms with E-state index < -0.39 is 12.3 Å². The van der Waals surface area contributed by atoms with Crippen molar-refractivity contribution in [3.05, 3.63) is 90.5 Å². The number of ether oxygens (including phenoxy) is 4. The summed E-state index contributed by atoms with van der Waals surface area (Å²) in [5.41, 5.74) is 4.20. The van der Waals surface area contributed by atoms with Gasteiger partial charge in [0, 0.05) is 0 Å². The van der Waals surface area contributed by atoms with Crippen molar-refractivity contribution in [1.29, 1.82) is 0 Å². The van der Waals surface area contributed by atoms with Crippen LogP contribution in [0.3, 0.4) is 0 Å². The van der Waals surface area contributed by atoms with Gasteiger partial charge in [-0.15, -0.1) is 0 Å². The lowest BCUT2D eigenvalue weighted by Crippen LogP contribution is -2.13. The Morgan fingerprint density at radius 1 is 1.00 bits per heavy atom. The number of carbonyl (C=O) groups excluding carboxylic acids is 2. The summed E-state index contributed by atoms with van der Waals surface area (Å²) in [6.07, 6.45) is 7.99. The molecule has 2 fully saturated rings. The van der Waals surface area contributed by atoms with E-state index in [0.717, 1.165) is 18.8 Å². The number of hydrogen-bond acceptors (Lipinski definition) is 6. The van der Waals surface area contributed by atoms with Gasteiger partial charge in [0.2, 0.25) is 0 Å². The van der Waals surface area contributed by atoms with Gasteiger partial charge in [0.15, 0.2) is 0 Å². The summed E-state index contributed by atoms with van der Waals surface area (Å²) in [5, 5.41) is 0. The summed E-state index contributed by atoms with van der Waals surface area (Å²) in [6, 6.07) is 19.4. The molecule has 0 radical (unpaired) electrons. The molecule has 1 heterocycles. The minimum atomic E-state index is -0.716. The molecule has 37 heavy (non-hydrogen) atoms. The van der Waals surface area contributed by atoms with Crippen LogP contribution in [0.1, 0.15) is 56.9 Å². The van der Waals surface area contributed by atoms with Gasteiger partial charge in [-0.25, -0.2) is 9.59 Å². The van der Waals surface area contributed by atoms with E-state index in [-0.39, 0.29) is 12.7 Å². The minimum absolute atomic E-state index is 0.182. The first kappa shape index (κ1) is 28.0. The van der Waals surface area contributed by atoms with Crippen molar-refractivity contribution in [3.8, 4) is 5.75 Å². The Kier molecular flexibility index (Phi) is 11.8. The second-order valence-electron chi connectivity index (χ2n) is 9.62. The Labute approximate surface area is 220 Å². The Bertz CT molecular complexity index is 1000. The van der Waals surface area contributed by atoms with Crippen molar-refractivity contribution in [2.75, 3.05) is 13.2 Å². The Hall–Kier alpha value is -3.54. The monoisotopic (exact) mass is 506 g/mol. The highest BCUT2D eigenvalue weighted by atomic mass is 16.8. The number of benzene rings is 2. The summed E-state index contributed by atoms with van der Waals surface area (Å²) in [4.78, 5) is 22.0. The molecule has 1 saturated heterocycles. The molecule has 2 aliphatic rings. The molecule has 1 saturated carbocycles. The first-order valence-electron chi connectivity index (χ1n) is 13.1. The van der Waals surface area contributed by atoms with Gasteiger partial charge in [-0.3, -0.25) is 0 Å². The van der Waals surface area contributed by atoms with Gasteiger partial charge in [0.25, 0.3) is 0 Å². The fraction of sp³-hybridized carbons (Fsp3) is 0.419. The van der Waals surface area contributed by atoms with Crippen LogP contribution in [0.4, 0.5) is 9.59 Å². The maximum Gasteiger partial charge on any atom is 0.513 e. The van der Waals surface area contributed by atoms with Gasteiger partial charge in [-0.05, 0) is 81.4 Å². The molecule has 2 aromatic carbocycles. The van der Waals surface area contributed by atoms with Crippen molar-refractivity contribution in [2.45, 2.75) is 63.9 Å². The molecule has 1 aliphatic heterocycles. The third-order valence-electron chi connectivity index (χ3n) is 6.42. The molecule has 6 nitrogen and oxygen atoms in total. The lowest BCUT2D eigenvalue weighted by atomic mass is 9.95. The van der Waals surface area contributed by atoms with Gasteiger partial charge < -0.3 is 18.9 Å². The van der Waals surface area contributed by atoms with Crippen LogP contribution in [0.15, 0.2) is 85.0 Å². The number of unbranched alkanes of at least 4 members (excludes halogenated alkanes) is 1. The van der Waals surface area contributed by atoms with E-state index in [0.29, 0.717) is 25.2 Å². The Balaban J connectivity index is 0.000000208. The fourth-order valence-corrected chi connectivity index (χ4v) is 4.40. The van der Waals surface area contributed by atoms with E-state index in [9.17, 15) is 9.59 Å². The van der Waals surface area contributed by atoms with Gasteiger partial charge in [0.1, 0.15) is 18.5 Å². The van der Waals surface area contributed by atoms with Crippen molar-refractivity contribution in [3.63, 3.8) is 0 Å². The molecule has 0 aromatic heterocycles. The number of hydrogen-bond donors (Lipinski definition) is 0. The minimum Gasteiger partial charge on any atom is -0.434 e. The normalized spacial score (nSPS) is 18.3. The topological polar surface area (TPSA) is 71.1 Å². The molecule has 0 N–H and O–H groups in total. The highest BCUT2D eigenvalue weighted by Gasteiger charge is 2.24. The largest absolute Gasteiger partial charge is 0.513 e. The number of para-hydroxylation sites is 1. The van der Waals surface area contributed by atoms with Crippen LogP contribution >= 0.6 is 0 Å². The molecule has 0 bridgehead atoms. The SMILES string of the molecule is C=C(CCC1CCC(=C)C1)Cc1ccccc1.O=C(OCCCCC1COC(=O)O1)Oc1ccccc1. The molecule has 2 unspecified atom stereocenters. The molecule has 198 valence electrons. The smallest absolute Gasteiger partial charge is 0.434 e. The quantitative estimate of drug-likeness (QED) is 0.134. The lowest BCUT2D eigenvalue weighted by Gasteiger charge is -2.10. The van der Waals surface area contributed by atoms with Crippen molar-refractivity contribution < 1.29 is 28.5 Å². The summed E-state index contributed by atoms with van der Waals surface area (Å²) in [7, 11) is 0. The zero-order valence-corrected chi connectivity index (χ0v) is 21.6. The van der Waals surface area contributed by atoms with Crippen LogP contribution in [-0.4, -0.2) is 31.6 Å². The summed E-state index contributed by atoms with van der Waals surface area (Å²) in [6.45, 7) is 8.86. The zero-order valence-electron chi connectivity index (χ0n) is 21.6. The van der Waals surface area contributed by atoms with Crippen LogP contribution in [0, 0.1) is 5.92 Å². The third-order valence-corrected chi connectivity index (χ3v) is 6.42. The van der Waals surface area contributed by atoms with Crippen LogP contribution in [0.25, 0.3) is 0 Å². The molecule has 2 aromatic rings. The van der Waals surface area contributed by atoms with Crippen molar-refractivity contribution in [2.24, 2.45) is 5.92 Å². The van der Waals surface area contributed by atoms with Crippen LogP contribution in [0.2, 0.25) is 0 Å². The van der Waals surface area contributed by atoms with E-state index in [1.165, 1.54) is 48.8 Å². The van der Waals surface area contributed by atoms with Crippen LogP contribution < -0.4 is 4.74 Å². The van der Waals surface area contributed by atoms with Crippen molar-refractivity contribution in [1.82, 2.24) is 0 Å². The second kappa shape index (κ2) is 15.5. The van der Waals surface area contributed by atoms with E-state index in [2.05, 4.69) is 48.2 Å². The van der Waals surface area contributed by atoms with Gasteiger partial charge >= 0.3 is 12.3 Å². The van der Waals surface area contributed by atoms with E-state index >= 15 is 0 Å². The highest BCUT2D eigenvalue weighted by Crippen LogP contribution is 2.33. The lowest BCUT2D eigenvalue weighted by molar-refractivity contribution is 0.0952. The van der Waals surface area contributed by atoms with Crippen molar-refractivity contribution >= 4 is 12.3 Å². The average Bonchev–Trinajstić information content (AvgIpc) is 3.51. The molecular formula is C31H38O6. The molecular weight excluding hydrogens is 468 g/mol. The maximum absolute atomic E-state index is 11.3. The molecule has 1 aliphatic carbocycles. The Morgan fingerprint density at radius 2 is 1.73 bits per heavy atom.